The zero-order valence-corrected chi connectivity index (χ0v) is 12.2. The van der Waals surface area contributed by atoms with Gasteiger partial charge < -0.3 is 5.11 Å². The van der Waals surface area contributed by atoms with Crippen molar-refractivity contribution in [2.75, 3.05) is 5.75 Å². The molecule has 20 heavy (non-hydrogen) atoms. The van der Waals surface area contributed by atoms with Gasteiger partial charge in [-0.05, 0) is 32.4 Å². The molecular weight excluding hydrogens is 280 g/mol. The SMILES string of the molecule is Cc1cnc(CC2(C(=O)O)CCCS2)c(C)c1[N+](=O)[O-]. The number of pyridine rings is 1. The van der Waals surface area contributed by atoms with Gasteiger partial charge in [0.05, 0.1) is 10.6 Å². The maximum absolute atomic E-state index is 11.5. The number of aromatic nitrogens is 1. The fourth-order valence-electron chi connectivity index (χ4n) is 2.58. The Hall–Kier alpha value is -1.63. The van der Waals surface area contributed by atoms with Crippen LogP contribution >= 0.6 is 11.8 Å². The number of hydrogen-bond donors (Lipinski definition) is 1. The third-order valence-corrected chi connectivity index (χ3v) is 5.27. The van der Waals surface area contributed by atoms with Gasteiger partial charge in [-0.3, -0.25) is 19.9 Å². The quantitative estimate of drug-likeness (QED) is 0.677. The van der Waals surface area contributed by atoms with Gasteiger partial charge in [-0.25, -0.2) is 0 Å². The second-order valence-corrected chi connectivity index (χ2v) is 6.53. The molecule has 2 heterocycles. The number of carboxylic acids is 1. The minimum Gasteiger partial charge on any atom is -0.480 e. The van der Waals surface area contributed by atoms with Crippen LogP contribution in [0.5, 0.6) is 0 Å². The van der Waals surface area contributed by atoms with Gasteiger partial charge in [-0.1, -0.05) is 0 Å². The Bertz CT molecular complexity index is 568. The van der Waals surface area contributed by atoms with E-state index in [1.807, 2.05) is 0 Å². The van der Waals surface area contributed by atoms with Gasteiger partial charge >= 0.3 is 5.97 Å². The van der Waals surface area contributed by atoms with Crippen LogP contribution in [-0.2, 0) is 11.2 Å². The van der Waals surface area contributed by atoms with Crippen molar-refractivity contribution in [3.63, 3.8) is 0 Å². The van der Waals surface area contributed by atoms with E-state index in [2.05, 4.69) is 4.98 Å². The first-order valence-electron chi connectivity index (χ1n) is 6.34. The molecule has 1 fully saturated rings. The fraction of sp³-hybridized carbons (Fsp3) is 0.538. The average molecular weight is 296 g/mol. The summed E-state index contributed by atoms with van der Waals surface area (Å²) in [5, 5.41) is 20.6. The molecule has 1 unspecified atom stereocenters. The van der Waals surface area contributed by atoms with Gasteiger partial charge in [0.25, 0.3) is 5.69 Å². The molecule has 1 aromatic heterocycles. The summed E-state index contributed by atoms with van der Waals surface area (Å²) < 4.78 is -0.888. The maximum atomic E-state index is 11.5. The monoisotopic (exact) mass is 296 g/mol. The van der Waals surface area contributed by atoms with Gasteiger partial charge in [-0.2, -0.15) is 0 Å². The summed E-state index contributed by atoms with van der Waals surface area (Å²) in [5.41, 5.74) is 1.53. The zero-order chi connectivity index (χ0) is 14.9. The number of aliphatic carboxylic acids is 1. The molecule has 0 bridgehead atoms. The first-order chi connectivity index (χ1) is 9.37. The zero-order valence-electron chi connectivity index (χ0n) is 11.4. The van der Waals surface area contributed by atoms with Crippen LogP contribution < -0.4 is 0 Å². The Labute approximate surface area is 120 Å². The van der Waals surface area contributed by atoms with Crippen molar-refractivity contribution in [3.05, 3.63) is 33.1 Å². The molecule has 0 saturated carbocycles. The summed E-state index contributed by atoms with van der Waals surface area (Å²) in [6, 6.07) is 0. The molecule has 1 saturated heterocycles. The Kier molecular flexibility index (Phi) is 3.99. The second-order valence-electron chi connectivity index (χ2n) is 5.05. The highest BCUT2D eigenvalue weighted by Gasteiger charge is 2.43. The van der Waals surface area contributed by atoms with Gasteiger partial charge in [-0.15, -0.1) is 11.8 Å². The molecule has 108 valence electrons. The highest BCUT2D eigenvalue weighted by atomic mass is 32.2. The maximum Gasteiger partial charge on any atom is 0.320 e. The number of carboxylic acid groups (broad SMARTS) is 1. The van der Waals surface area contributed by atoms with E-state index >= 15 is 0 Å². The third-order valence-electron chi connectivity index (χ3n) is 3.70. The van der Waals surface area contributed by atoms with Crippen molar-refractivity contribution in [2.24, 2.45) is 0 Å². The average Bonchev–Trinajstić information content (AvgIpc) is 2.82. The third kappa shape index (κ3) is 2.49. The Morgan fingerprint density at radius 3 is 2.80 bits per heavy atom. The molecule has 0 aliphatic carbocycles. The summed E-state index contributed by atoms with van der Waals surface area (Å²) in [5.74, 6) is -0.0521. The van der Waals surface area contributed by atoms with E-state index in [9.17, 15) is 20.0 Å². The van der Waals surface area contributed by atoms with Gasteiger partial charge in [0.15, 0.2) is 0 Å². The first kappa shape index (κ1) is 14.8. The molecule has 1 atom stereocenters. The molecule has 0 amide bonds. The van der Waals surface area contributed by atoms with Crippen LogP contribution in [0, 0.1) is 24.0 Å². The molecule has 7 heteroatoms. The van der Waals surface area contributed by atoms with Crippen molar-refractivity contribution in [1.29, 1.82) is 0 Å². The minimum absolute atomic E-state index is 0.0403. The van der Waals surface area contributed by atoms with Crippen LogP contribution in [0.25, 0.3) is 0 Å². The van der Waals surface area contributed by atoms with E-state index in [1.165, 1.54) is 18.0 Å². The number of nitro groups is 1. The molecule has 1 N–H and O–H groups in total. The summed E-state index contributed by atoms with van der Waals surface area (Å²) in [6.07, 6.45) is 3.12. The van der Waals surface area contributed by atoms with Crippen LogP contribution in [0.1, 0.15) is 29.7 Å². The van der Waals surface area contributed by atoms with E-state index in [1.54, 1.807) is 13.8 Å². The Morgan fingerprint density at radius 1 is 1.60 bits per heavy atom. The summed E-state index contributed by atoms with van der Waals surface area (Å²) in [7, 11) is 0. The topological polar surface area (TPSA) is 93.3 Å². The number of rotatable bonds is 4. The van der Waals surface area contributed by atoms with Crippen LogP contribution in [0.15, 0.2) is 6.20 Å². The first-order valence-corrected chi connectivity index (χ1v) is 7.33. The van der Waals surface area contributed by atoms with Gasteiger partial charge in [0, 0.05) is 23.7 Å². The lowest BCUT2D eigenvalue weighted by atomic mass is 9.94. The second kappa shape index (κ2) is 5.40. The van der Waals surface area contributed by atoms with Crippen molar-refractivity contribution in [1.82, 2.24) is 4.98 Å². The molecule has 0 spiro atoms. The lowest BCUT2D eigenvalue weighted by Crippen LogP contribution is -2.35. The van der Waals surface area contributed by atoms with E-state index < -0.39 is 15.6 Å². The number of hydrogen-bond acceptors (Lipinski definition) is 5. The number of nitrogens with zero attached hydrogens (tertiary/aromatic N) is 2. The lowest BCUT2D eigenvalue weighted by Gasteiger charge is -2.23. The molecule has 1 aliphatic rings. The smallest absolute Gasteiger partial charge is 0.320 e. The van der Waals surface area contributed by atoms with Crippen molar-refractivity contribution < 1.29 is 14.8 Å². The van der Waals surface area contributed by atoms with E-state index in [4.69, 9.17) is 0 Å². The molecule has 1 aromatic rings. The van der Waals surface area contributed by atoms with E-state index in [0.29, 0.717) is 23.2 Å². The Balaban J connectivity index is 2.41. The predicted octanol–water partition coefficient (Wildman–Crippen LogP) is 2.50. The lowest BCUT2D eigenvalue weighted by molar-refractivity contribution is -0.386. The Morgan fingerprint density at radius 2 is 2.30 bits per heavy atom. The summed E-state index contributed by atoms with van der Waals surface area (Å²) >= 11 is 1.41. The van der Waals surface area contributed by atoms with Crippen molar-refractivity contribution in [2.45, 2.75) is 37.9 Å². The van der Waals surface area contributed by atoms with Crippen LogP contribution in [0.4, 0.5) is 5.69 Å². The molecule has 0 aromatic carbocycles. The predicted molar refractivity (Wildman–Crippen MR) is 76.1 cm³/mol. The summed E-state index contributed by atoms with van der Waals surface area (Å²) in [4.78, 5) is 26.4. The fourth-order valence-corrected chi connectivity index (χ4v) is 3.91. The largest absolute Gasteiger partial charge is 0.480 e. The number of thioether (sulfide) groups is 1. The highest BCUT2D eigenvalue weighted by molar-refractivity contribution is 8.01. The van der Waals surface area contributed by atoms with Gasteiger partial charge in [0.1, 0.15) is 4.75 Å². The number of carbonyl (C=O) groups is 1. The van der Waals surface area contributed by atoms with Crippen molar-refractivity contribution >= 4 is 23.4 Å². The molecule has 2 rings (SSSR count). The van der Waals surface area contributed by atoms with Crippen molar-refractivity contribution in [3.8, 4) is 0 Å². The minimum atomic E-state index is -0.888. The highest BCUT2D eigenvalue weighted by Crippen LogP contribution is 2.42. The van der Waals surface area contributed by atoms with E-state index in [0.717, 1.165) is 12.2 Å². The normalized spacial score (nSPS) is 21.9. The van der Waals surface area contributed by atoms with E-state index in [-0.39, 0.29) is 12.1 Å². The molecule has 6 nitrogen and oxygen atoms in total. The summed E-state index contributed by atoms with van der Waals surface area (Å²) in [6.45, 7) is 3.28. The molecule has 0 radical (unpaired) electrons. The van der Waals surface area contributed by atoms with Crippen LogP contribution in [-0.4, -0.2) is 31.5 Å². The number of aryl methyl sites for hydroxylation is 1. The van der Waals surface area contributed by atoms with Gasteiger partial charge in [0.2, 0.25) is 0 Å². The molecule has 1 aliphatic heterocycles. The van der Waals surface area contributed by atoms with Crippen LogP contribution in [0.3, 0.4) is 0 Å². The molecular formula is C13H16N2O4S. The standard InChI is InChI=1S/C13H16N2O4S/c1-8-7-14-10(9(2)11(8)15(18)19)6-13(12(16)17)4-3-5-20-13/h7H,3-6H2,1-2H3,(H,16,17). The van der Waals surface area contributed by atoms with Crippen LogP contribution in [0.2, 0.25) is 0 Å².